The lowest BCUT2D eigenvalue weighted by Crippen LogP contribution is -2.41. The van der Waals surface area contributed by atoms with Crippen molar-refractivity contribution in [1.82, 2.24) is 4.98 Å². The van der Waals surface area contributed by atoms with Crippen molar-refractivity contribution in [3.63, 3.8) is 0 Å². The molecular weight excluding hydrogens is 333 g/mol. The molecule has 0 amide bonds. The Morgan fingerprint density at radius 1 is 1.10 bits per heavy atom. The summed E-state index contributed by atoms with van der Waals surface area (Å²) in [5.41, 5.74) is 1.65. The molecule has 3 rings (SSSR count). The molecule has 2 aromatic rings. The maximum absolute atomic E-state index is 5.98. The molecule has 0 unspecified atom stereocenters. The summed E-state index contributed by atoms with van der Waals surface area (Å²) < 4.78 is 18.6. The molecule has 0 bridgehead atoms. The van der Waals surface area contributed by atoms with Crippen LogP contribution >= 0.6 is 15.9 Å². The molecular formula is C15H17BBrNO3. The lowest BCUT2D eigenvalue weighted by Gasteiger charge is -2.32. The standard InChI is InChI=1S/C15H17BBrNO3/c1-14(2)15(3,4)21-16(20-14)13-7-10(9-19-13)12-8-11(17)5-6-18-12/h5-9H,1-4H3. The number of rotatable bonds is 2. The van der Waals surface area contributed by atoms with Gasteiger partial charge in [-0.3, -0.25) is 4.98 Å². The Balaban J connectivity index is 1.87. The van der Waals surface area contributed by atoms with E-state index in [1.165, 1.54) is 0 Å². The average Bonchev–Trinajstić information content (AvgIpc) is 2.93. The van der Waals surface area contributed by atoms with Crippen LogP contribution in [0.3, 0.4) is 0 Å². The van der Waals surface area contributed by atoms with Gasteiger partial charge in [0.05, 0.1) is 23.2 Å². The van der Waals surface area contributed by atoms with Crippen LogP contribution in [0.4, 0.5) is 0 Å². The van der Waals surface area contributed by atoms with E-state index in [9.17, 15) is 0 Å². The van der Waals surface area contributed by atoms with Gasteiger partial charge in [0.15, 0.2) is 0 Å². The van der Waals surface area contributed by atoms with Crippen LogP contribution in [0.25, 0.3) is 11.3 Å². The Morgan fingerprint density at radius 3 is 2.38 bits per heavy atom. The van der Waals surface area contributed by atoms with Gasteiger partial charge in [-0.2, -0.15) is 0 Å². The van der Waals surface area contributed by atoms with E-state index >= 15 is 0 Å². The summed E-state index contributed by atoms with van der Waals surface area (Å²) in [6.07, 6.45) is 3.43. The molecule has 0 atom stereocenters. The first kappa shape index (κ1) is 14.8. The fraction of sp³-hybridized carbons (Fsp3) is 0.400. The molecule has 1 aliphatic heterocycles. The Labute approximate surface area is 133 Å². The SMILES string of the molecule is CC1(C)OB(c2cc(-c3cc(Br)ccn3)co2)OC1(C)C. The molecule has 0 saturated carbocycles. The number of aromatic nitrogens is 1. The van der Waals surface area contributed by atoms with E-state index in [0.717, 1.165) is 15.7 Å². The van der Waals surface area contributed by atoms with Gasteiger partial charge in [0.2, 0.25) is 0 Å². The van der Waals surface area contributed by atoms with Crippen molar-refractivity contribution in [1.29, 1.82) is 0 Å². The average molecular weight is 350 g/mol. The molecule has 0 aliphatic carbocycles. The van der Waals surface area contributed by atoms with Crippen LogP contribution < -0.4 is 5.66 Å². The monoisotopic (exact) mass is 349 g/mol. The number of hydrogen-bond acceptors (Lipinski definition) is 4. The summed E-state index contributed by atoms with van der Waals surface area (Å²) in [7, 11) is -0.490. The van der Waals surface area contributed by atoms with E-state index in [-0.39, 0.29) is 11.2 Å². The zero-order valence-electron chi connectivity index (χ0n) is 12.5. The number of hydrogen-bond donors (Lipinski definition) is 0. The summed E-state index contributed by atoms with van der Waals surface area (Å²) in [5, 5.41) is 0. The van der Waals surface area contributed by atoms with E-state index in [4.69, 9.17) is 13.7 Å². The first-order valence-corrected chi connectivity index (χ1v) is 7.64. The number of halogens is 1. The van der Waals surface area contributed by atoms with Gasteiger partial charge in [0, 0.05) is 16.2 Å². The Kier molecular flexibility index (Phi) is 3.51. The highest BCUT2D eigenvalue weighted by molar-refractivity contribution is 9.10. The second kappa shape index (κ2) is 4.97. The van der Waals surface area contributed by atoms with Gasteiger partial charge in [-0.15, -0.1) is 0 Å². The molecule has 0 spiro atoms. The molecule has 21 heavy (non-hydrogen) atoms. The predicted molar refractivity (Wildman–Crippen MR) is 85.4 cm³/mol. The summed E-state index contributed by atoms with van der Waals surface area (Å²) in [6.45, 7) is 8.08. The van der Waals surface area contributed by atoms with E-state index in [0.29, 0.717) is 5.66 Å². The molecule has 6 heteroatoms. The Morgan fingerprint density at radius 2 is 1.76 bits per heavy atom. The molecule has 110 valence electrons. The maximum Gasteiger partial charge on any atom is 0.532 e. The van der Waals surface area contributed by atoms with Gasteiger partial charge >= 0.3 is 7.12 Å². The largest absolute Gasteiger partial charge is 0.532 e. The summed E-state index contributed by atoms with van der Waals surface area (Å²) in [4.78, 5) is 4.34. The molecule has 0 radical (unpaired) electrons. The summed E-state index contributed by atoms with van der Waals surface area (Å²) in [5.74, 6) is 0. The molecule has 4 nitrogen and oxygen atoms in total. The van der Waals surface area contributed by atoms with Gasteiger partial charge in [-0.25, -0.2) is 0 Å². The zero-order valence-corrected chi connectivity index (χ0v) is 14.1. The van der Waals surface area contributed by atoms with Crippen LogP contribution in [0, 0.1) is 0 Å². The molecule has 1 saturated heterocycles. The van der Waals surface area contributed by atoms with E-state index in [1.54, 1.807) is 12.5 Å². The summed E-state index contributed by atoms with van der Waals surface area (Å²) in [6, 6.07) is 5.74. The zero-order chi connectivity index (χ0) is 15.3. The van der Waals surface area contributed by atoms with Crippen molar-refractivity contribution in [3.05, 3.63) is 35.1 Å². The maximum atomic E-state index is 5.98. The lowest BCUT2D eigenvalue weighted by molar-refractivity contribution is 0.00578. The second-order valence-corrected chi connectivity index (χ2v) is 7.10. The Bertz CT molecular complexity index is 652. The van der Waals surface area contributed by atoms with Crippen LogP contribution in [0.1, 0.15) is 27.7 Å². The normalized spacial score (nSPS) is 20.0. The summed E-state index contributed by atoms with van der Waals surface area (Å²) >= 11 is 3.44. The minimum atomic E-state index is -0.490. The van der Waals surface area contributed by atoms with Gasteiger partial charge in [-0.05, 0) is 45.9 Å². The van der Waals surface area contributed by atoms with Gasteiger partial charge < -0.3 is 13.7 Å². The van der Waals surface area contributed by atoms with Gasteiger partial charge in [0.25, 0.3) is 0 Å². The molecule has 1 aliphatic rings. The van der Waals surface area contributed by atoms with Gasteiger partial charge in [0.1, 0.15) is 5.66 Å². The third-order valence-electron chi connectivity index (χ3n) is 4.12. The molecule has 2 aromatic heterocycles. The Hall–Kier alpha value is -1.11. The molecule has 0 N–H and O–H groups in total. The third-order valence-corrected chi connectivity index (χ3v) is 4.62. The topological polar surface area (TPSA) is 44.5 Å². The molecule has 0 aromatic carbocycles. The van der Waals surface area contributed by atoms with Crippen LogP contribution in [-0.4, -0.2) is 23.3 Å². The van der Waals surface area contributed by atoms with Crippen molar-refractivity contribution >= 4 is 28.7 Å². The van der Waals surface area contributed by atoms with Crippen LogP contribution in [0.2, 0.25) is 0 Å². The van der Waals surface area contributed by atoms with Crippen molar-refractivity contribution in [2.45, 2.75) is 38.9 Å². The minimum Gasteiger partial charge on any atom is -0.472 e. The van der Waals surface area contributed by atoms with Crippen molar-refractivity contribution in [3.8, 4) is 11.3 Å². The van der Waals surface area contributed by atoms with Crippen LogP contribution in [-0.2, 0) is 9.31 Å². The van der Waals surface area contributed by atoms with E-state index in [2.05, 4.69) is 20.9 Å². The first-order valence-electron chi connectivity index (χ1n) is 6.84. The third kappa shape index (κ3) is 2.68. The van der Waals surface area contributed by atoms with Crippen molar-refractivity contribution < 1.29 is 13.7 Å². The second-order valence-electron chi connectivity index (χ2n) is 6.19. The number of pyridine rings is 1. The first-order chi connectivity index (χ1) is 9.78. The van der Waals surface area contributed by atoms with Crippen LogP contribution in [0.5, 0.6) is 0 Å². The predicted octanol–water partition coefficient (Wildman–Crippen LogP) is 3.40. The highest BCUT2D eigenvalue weighted by atomic mass is 79.9. The van der Waals surface area contributed by atoms with Crippen molar-refractivity contribution in [2.24, 2.45) is 0 Å². The number of furan rings is 1. The van der Waals surface area contributed by atoms with Crippen LogP contribution in [0.15, 0.2) is 39.5 Å². The smallest absolute Gasteiger partial charge is 0.472 e. The van der Waals surface area contributed by atoms with E-state index < -0.39 is 7.12 Å². The highest BCUT2D eigenvalue weighted by Gasteiger charge is 2.53. The minimum absolute atomic E-state index is 0.376. The fourth-order valence-electron chi connectivity index (χ4n) is 2.13. The molecule has 3 heterocycles. The highest BCUT2D eigenvalue weighted by Crippen LogP contribution is 2.36. The quantitative estimate of drug-likeness (QED) is 0.779. The fourth-order valence-corrected chi connectivity index (χ4v) is 2.47. The number of nitrogens with zero attached hydrogens (tertiary/aromatic N) is 1. The van der Waals surface area contributed by atoms with Gasteiger partial charge in [-0.1, -0.05) is 15.9 Å². The van der Waals surface area contributed by atoms with Crippen molar-refractivity contribution in [2.75, 3.05) is 0 Å². The molecule has 1 fully saturated rings. The van der Waals surface area contributed by atoms with E-state index in [1.807, 2.05) is 45.9 Å². The lowest BCUT2D eigenvalue weighted by atomic mass is 9.86.